The summed E-state index contributed by atoms with van der Waals surface area (Å²) in [6, 6.07) is 0. The molecule has 0 unspecified atom stereocenters. The van der Waals surface area contributed by atoms with E-state index in [1.165, 1.54) is 5.69 Å². The van der Waals surface area contributed by atoms with Crippen molar-refractivity contribution >= 4 is 32.2 Å². The van der Waals surface area contributed by atoms with E-state index in [1.54, 1.807) is 11.3 Å². The van der Waals surface area contributed by atoms with Crippen molar-refractivity contribution < 1.29 is 0 Å². The van der Waals surface area contributed by atoms with Crippen LogP contribution < -0.4 is 0 Å². The minimum Gasteiger partial charge on any atom is -0.281 e. The lowest BCUT2D eigenvalue weighted by atomic mass is 9.93. The molecule has 4 heteroatoms. The second-order valence-electron chi connectivity index (χ2n) is 5.43. The maximum absolute atomic E-state index is 4.68. The average Bonchev–Trinajstić information content (AvgIpc) is 2.64. The molecular weight excluding hydrogens is 284 g/mol. The Morgan fingerprint density at radius 2 is 2.00 bits per heavy atom. The first-order valence-corrected chi connectivity index (χ1v) is 7.15. The molecule has 0 radical (unpaired) electrons. The predicted octanol–water partition coefficient (Wildman–Crippen LogP) is 4.58. The van der Waals surface area contributed by atoms with Crippen LogP contribution in [0, 0.1) is 0 Å². The van der Waals surface area contributed by atoms with Crippen LogP contribution >= 0.6 is 27.3 Å². The van der Waals surface area contributed by atoms with Crippen molar-refractivity contribution in [3.63, 3.8) is 0 Å². The van der Waals surface area contributed by atoms with Crippen molar-refractivity contribution in [2.45, 2.75) is 46.0 Å². The van der Waals surface area contributed by atoms with Crippen molar-refractivity contribution in [2.24, 2.45) is 0 Å². The minimum absolute atomic E-state index is 0.149. The SMILES string of the molecule is CC(C)c1nc2scc(C(C)(C)C)n2c1Br. The number of nitrogens with zero attached hydrogens (tertiary/aromatic N) is 2. The van der Waals surface area contributed by atoms with E-state index in [4.69, 9.17) is 0 Å². The molecule has 0 fully saturated rings. The van der Waals surface area contributed by atoms with Crippen molar-refractivity contribution in [3.05, 3.63) is 21.4 Å². The summed E-state index contributed by atoms with van der Waals surface area (Å²) in [6.45, 7) is 11.0. The van der Waals surface area contributed by atoms with Crippen molar-refractivity contribution in [2.75, 3.05) is 0 Å². The van der Waals surface area contributed by atoms with Gasteiger partial charge in [0.15, 0.2) is 4.96 Å². The summed E-state index contributed by atoms with van der Waals surface area (Å²) in [5.74, 6) is 0.453. The molecule has 0 aliphatic rings. The Morgan fingerprint density at radius 3 is 2.50 bits per heavy atom. The number of fused-ring (bicyclic) bond motifs is 1. The summed E-state index contributed by atoms with van der Waals surface area (Å²) >= 11 is 5.40. The quantitative estimate of drug-likeness (QED) is 0.753. The Hall–Kier alpha value is -0.350. The third-order valence-corrected chi connectivity index (χ3v) is 4.23. The Labute approximate surface area is 109 Å². The molecule has 0 aliphatic carbocycles. The van der Waals surface area contributed by atoms with Gasteiger partial charge in [-0.25, -0.2) is 4.98 Å². The first kappa shape index (κ1) is 12.1. The summed E-state index contributed by atoms with van der Waals surface area (Å²) in [5, 5.41) is 2.21. The molecule has 0 aliphatic heterocycles. The smallest absolute Gasteiger partial charge is 0.195 e. The van der Waals surface area contributed by atoms with Crippen molar-refractivity contribution in [1.29, 1.82) is 0 Å². The third kappa shape index (κ3) is 1.82. The van der Waals surface area contributed by atoms with Gasteiger partial charge < -0.3 is 0 Å². The average molecular weight is 301 g/mol. The first-order valence-electron chi connectivity index (χ1n) is 5.48. The highest BCUT2D eigenvalue weighted by Gasteiger charge is 2.23. The second-order valence-corrected chi connectivity index (χ2v) is 7.02. The largest absolute Gasteiger partial charge is 0.281 e. The summed E-state index contributed by atoms with van der Waals surface area (Å²) < 4.78 is 3.35. The maximum atomic E-state index is 4.68. The number of aromatic nitrogens is 2. The van der Waals surface area contributed by atoms with E-state index in [0.717, 1.165) is 15.3 Å². The Bertz CT molecular complexity index is 517. The monoisotopic (exact) mass is 300 g/mol. The van der Waals surface area contributed by atoms with Crippen LogP contribution in [0.3, 0.4) is 0 Å². The molecule has 2 rings (SSSR count). The van der Waals surface area contributed by atoms with Crippen LogP contribution in [0.15, 0.2) is 9.98 Å². The van der Waals surface area contributed by atoms with Crippen molar-refractivity contribution in [1.82, 2.24) is 9.38 Å². The van der Waals surface area contributed by atoms with Gasteiger partial charge in [-0.2, -0.15) is 0 Å². The molecule has 0 atom stereocenters. The molecule has 2 aromatic heterocycles. The highest BCUT2D eigenvalue weighted by Crippen LogP contribution is 2.34. The molecule has 0 spiro atoms. The molecule has 2 aromatic rings. The van der Waals surface area contributed by atoms with Gasteiger partial charge in [0.05, 0.1) is 5.69 Å². The fourth-order valence-corrected chi connectivity index (χ4v) is 3.87. The molecular formula is C12H17BrN2S. The van der Waals surface area contributed by atoms with Crippen LogP contribution in [-0.2, 0) is 5.41 Å². The summed E-state index contributed by atoms with van der Waals surface area (Å²) in [6.07, 6.45) is 0. The van der Waals surface area contributed by atoms with E-state index in [2.05, 4.69) is 65.3 Å². The van der Waals surface area contributed by atoms with E-state index in [-0.39, 0.29) is 5.41 Å². The van der Waals surface area contributed by atoms with Crippen LogP contribution in [0.2, 0.25) is 0 Å². The van der Waals surface area contributed by atoms with E-state index < -0.39 is 0 Å². The van der Waals surface area contributed by atoms with E-state index in [0.29, 0.717) is 5.92 Å². The van der Waals surface area contributed by atoms with Gasteiger partial charge in [0.2, 0.25) is 0 Å². The molecule has 2 heterocycles. The lowest BCUT2D eigenvalue weighted by Crippen LogP contribution is -2.14. The molecule has 0 aromatic carbocycles. The second kappa shape index (κ2) is 3.84. The minimum atomic E-state index is 0.149. The van der Waals surface area contributed by atoms with Crippen LogP contribution in [0.5, 0.6) is 0 Å². The normalized spacial score (nSPS) is 12.9. The van der Waals surface area contributed by atoms with Crippen molar-refractivity contribution in [3.8, 4) is 0 Å². The molecule has 0 amide bonds. The first-order chi connectivity index (χ1) is 7.32. The van der Waals surface area contributed by atoms with Gasteiger partial charge in [0.1, 0.15) is 4.60 Å². The van der Waals surface area contributed by atoms with Gasteiger partial charge in [-0.3, -0.25) is 4.40 Å². The molecule has 0 bridgehead atoms. The molecule has 0 N–H and O–H groups in total. The molecule has 88 valence electrons. The number of imidazole rings is 1. The number of thiazole rings is 1. The molecule has 0 saturated heterocycles. The van der Waals surface area contributed by atoms with E-state index in [1.807, 2.05) is 0 Å². The standard InChI is InChI=1S/C12H17BrN2S/c1-7(2)9-10(13)15-8(12(3,4)5)6-16-11(15)14-9/h6-7H,1-5H3. The van der Waals surface area contributed by atoms with Crippen LogP contribution in [0.1, 0.15) is 51.9 Å². The Kier molecular flexibility index (Phi) is 2.91. The van der Waals surface area contributed by atoms with Gasteiger partial charge in [-0.1, -0.05) is 34.6 Å². The highest BCUT2D eigenvalue weighted by atomic mass is 79.9. The topological polar surface area (TPSA) is 17.3 Å². The zero-order valence-corrected chi connectivity index (χ0v) is 12.7. The van der Waals surface area contributed by atoms with E-state index in [9.17, 15) is 0 Å². The summed E-state index contributed by atoms with van der Waals surface area (Å²) in [4.78, 5) is 5.76. The Balaban J connectivity index is 2.72. The fourth-order valence-electron chi connectivity index (χ4n) is 1.73. The van der Waals surface area contributed by atoms with Gasteiger partial charge in [0.25, 0.3) is 0 Å². The van der Waals surface area contributed by atoms with Crippen LogP contribution in [0.25, 0.3) is 4.96 Å². The van der Waals surface area contributed by atoms with Gasteiger partial charge in [-0.05, 0) is 21.8 Å². The predicted molar refractivity (Wildman–Crippen MR) is 73.6 cm³/mol. The maximum Gasteiger partial charge on any atom is 0.195 e. The summed E-state index contributed by atoms with van der Waals surface area (Å²) in [7, 11) is 0. The zero-order chi connectivity index (χ0) is 12.1. The number of rotatable bonds is 1. The molecule has 0 saturated carbocycles. The number of hydrogen-bond acceptors (Lipinski definition) is 2. The lowest BCUT2D eigenvalue weighted by Gasteiger charge is -2.17. The molecule has 16 heavy (non-hydrogen) atoms. The van der Waals surface area contributed by atoms with Crippen LogP contribution in [-0.4, -0.2) is 9.38 Å². The van der Waals surface area contributed by atoms with Gasteiger partial charge in [0, 0.05) is 16.5 Å². The number of hydrogen-bond donors (Lipinski definition) is 0. The van der Waals surface area contributed by atoms with Gasteiger partial charge in [-0.15, -0.1) is 11.3 Å². The van der Waals surface area contributed by atoms with Gasteiger partial charge >= 0.3 is 0 Å². The highest BCUT2D eigenvalue weighted by molar-refractivity contribution is 9.10. The van der Waals surface area contributed by atoms with E-state index >= 15 is 0 Å². The third-order valence-electron chi connectivity index (χ3n) is 2.65. The number of halogens is 1. The Morgan fingerprint density at radius 1 is 1.38 bits per heavy atom. The fraction of sp³-hybridized carbons (Fsp3) is 0.583. The summed E-state index contributed by atoms with van der Waals surface area (Å²) in [5.41, 5.74) is 2.62. The molecule has 2 nitrogen and oxygen atoms in total. The zero-order valence-electron chi connectivity index (χ0n) is 10.3. The van der Waals surface area contributed by atoms with Crippen LogP contribution in [0.4, 0.5) is 0 Å². The lowest BCUT2D eigenvalue weighted by molar-refractivity contribution is 0.563.